The number of nitrogens with two attached hydrogens (primary N) is 1. The molecule has 5 nitrogen and oxygen atoms in total. The standard InChI is InChI=1S/C19H18F2N4O/c20-14-7-13(8-23-9-14)11-1-4-15(5-2-11)25-10-12-3-6-16(21)17(19(22)26)18(12)24-25/h1-6,10,13-14,23H,7-9H2,(H2,22,26). The van der Waals surface area contributed by atoms with Gasteiger partial charge in [0.25, 0.3) is 5.91 Å². The molecule has 3 aromatic rings. The Labute approximate surface area is 148 Å². The number of nitrogens with one attached hydrogen (secondary N) is 1. The number of amides is 1. The number of nitrogens with zero attached hydrogens (tertiary/aromatic N) is 2. The minimum Gasteiger partial charge on any atom is -0.365 e. The number of carbonyl (C=O) groups excluding carboxylic acids is 1. The summed E-state index contributed by atoms with van der Waals surface area (Å²) in [4.78, 5) is 11.5. The van der Waals surface area contributed by atoms with Gasteiger partial charge in [0.1, 0.15) is 23.1 Å². The van der Waals surface area contributed by atoms with Crippen LogP contribution in [0.2, 0.25) is 0 Å². The Hall–Kier alpha value is -2.80. The van der Waals surface area contributed by atoms with E-state index < -0.39 is 17.9 Å². The SMILES string of the molecule is NC(=O)c1c(F)ccc2cn(-c3ccc(C4CNCC(F)C4)cc3)nc12. The van der Waals surface area contributed by atoms with Gasteiger partial charge in [-0.05, 0) is 42.2 Å². The number of carbonyl (C=O) groups is 1. The van der Waals surface area contributed by atoms with Crippen LogP contribution in [-0.4, -0.2) is 34.9 Å². The van der Waals surface area contributed by atoms with Gasteiger partial charge in [0.15, 0.2) is 0 Å². The lowest BCUT2D eigenvalue weighted by Crippen LogP contribution is -2.36. The largest absolute Gasteiger partial charge is 0.365 e. The average molecular weight is 356 g/mol. The number of hydrogen-bond donors (Lipinski definition) is 2. The molecule has 0 radical (unpaired) electrons. The van der Waals surface area contributed by atoms with E-state index in [9.17, 15) is 13.6 Å². The van der Waals surface area contributed by atoms with Gasteiger partial charge in [-0.2, -0.15) is 5.10 Å². The van der Waals surface area contributed by atoms with E-state index in [1.165, 1.54) is 6.07 Å². The molecule has 0 saturated carbocycles. The first-order valence-corrected chi connectivity index (χ1v) is 8.45. The number of hydrogen-bond acceptors (Lipinski definition) is 3. The van der Waals surface area contributed by atoms with E-state index in [0.717, 1.165) is 17.8 Å². The van der Waals surface area contributed by atoms with Crippen LogP contribution in [0.15, 0.2) is 42.6 Å². The zero-order chi connectivity index (χ0) is 18.3. The van der Waals surface area contributed by atoms with Crippen molar-refractivity contribution in [2.45, 2.75) is 18.5 Å². The van der Waals surface area contributed by atoms with Crippen molar-refractivity contribution in [2.24, 2.45) is 5.73 Å². The first kappa shape index (κ1) is 16.7. The molecule has 2 unspecified atom stereocenters. The molecule has 0 bridgehead atoms. The van der Waals surface area contributed by atoms with Gasteiger partial charge >= 0.3 is 0 Å². The molecule has 26 heavy (non-hydrogen) atoms. The third kappa shape index (κ3) is 2.94. The summed E-state index contributed by atoms with van der Waals surface area (Å²) in [5.41, 5.74) is 7.13. The van der Waals surface area contributed by atoms with Crippen LogP contribution in [0.3, 0.4) is 0 Å². The molecule has 3 N–H and O–H groups in total. The molecule has 0 aliphatic carbocycles. The summed E-state index contributed by atoms with van der Waals surface area (Å²) in [6, 6.07) is 10.4. The summed E-state index contributed by atoms with van der Waals surface area (Å²) >= 11 is 0. The first-order chi connectivity index (χ1) is 12.5. The summed E-state index contributed by atoms with van der Waals surface area (Å²) < 4.78 is 29.0. The molecular weight excluding hydrogens is 338 g/mol. The number of alkyl halides is 1. The summed E-state index contributed by atoms with van der Waals surface area (Å²) in [6.07, 6.45) is 1.40. The van der Waals surface area contributed by atoms with Crippen molar-refractivity contribution in [3.8, 4) is 5.69 Å². The quantitative estimate of drug-likeness (QED) is 0.758. The van der Waals surface area contributed by atoms with Crippen LogP contribution in [0.4, 0.5) is 8.78 Å². The van der Waals surface area contributed by atoms with Crippen LogP contribution >= 0.6 is 0 Å². The Morgan fingerprint density at radius 1 is 1.19 bits per heavy atom. The lowest BCUT2D eigenvalue weighted by Gasteiger charge is -2.26. The lowest BCUT2D eigenvalue weighted by molar-refractivity contribution is 0.0998. The van der Waals surface area contributed by atoms with E-state index >= 15 is 0 Å². The number of primary amides is 1. The smallest absolute Gasteiger partial charge is 0.253 e. The Balaban J connectivity index is 1.67. The van der Waals surface area contributed by atoms with Crippen molar-refractivity contribution in [1.82, 2.24) is 15.1 Å². The fourth-order valence-electron chi connectivity index (χ4n) is 3.47. The second kappa shape index (κ2) is 6.49. The molecule has 1 saturated heterocycles. The van der Waals surface area contributed by atoms with Crippen LogP contribution in [0.25, 0.3) is 16.6 Å². The molecule has 1 aliphatic heterocycles. The zero-order valence-electron chi connectivity index (χ0n) is 14.0. The van der Waals surface area contributed by atoms with Crippen LogP contribution in [0, 0.1) is 5.82 Å². The van der Waals surface area contributed by atoms with Crippen LogP contribution < -0.4 is 11.1 Å². The molecule has 1 fully saturated rings. The van der Waals surface area contributed by atoms with Gasteiger partial charge in [-0.15, -0.1) is 0 Å². The summed E-state index contributed by atoms with van der Waals surface area (Å²) in [5, 5.41) is 8.05. The van der Waals surface area contributed by atoms with Crippen molar-refractivity contribution in [2.75, 3.05) is 13.1 Å². The van der Waals surface area contributed by atoms with Crippen LogP contribution in [0.1, 0.15) is 28.3 Å². The van der Waals surface area contributed by atoms with Gasteiger partial charge in [0, 0.05) is 24.7 Å². The van der Waals surface area contributed by atoms with Crippen molar-refractivity contribution >= 4 is 16.8 Å². The van der Waals surface area contributed by atoms with E-state index in [-0.39, 0.29) is 17.0 Å². The summed E-state index contributed by atoms with van der Waals surface area (Å²) in [7, 11) is 0. The number of rotatable bonds is 3. The Bertz CT molecular complexity index is 968. The molecule has 1 aromatic heterocycles. The number of fused-ring (bicyclic) bond motifs is 1. The molecule has 7 heteroatoms. The van der Waals surface area contributed by atoms with E-state index in [2.05, 4.69) is 10.4 Å². The Morgan fingerprint density at radius 2 is 1.96 bits per heavy atom. The third-order valence-electron chi connectivity index (χ3n) is 4.80. The van der Waals surface area contributed by atoms with Crippen molar-refractivity contribution < 1.29 is 13.6 Å². The highest BCUT2D eigenvalue weighted by atomic mass is 19.1. The van der Waals surface area contributed by atoms with E-state index in [1.807, 2.05) is 24.3 Å². The fourth-order valence-corrected chi connectivity index (χ4v) is 3.47. The van der Waals surface area contributed by atoms with Crippen LogP contribution in [0.5, 0.6) is 0 Å². The molecule has 134 valence electrons. The third-order valence-corrected chi connectivity index (χ3v) is 4.80. The van der Waals surface area contributed by atoms with E-state index in [1.54, 1.807) is 16.9 Å². The maximum atomic E-state index is 13.9. The van der Waals surface area contributed by atoms with Crippen molar-refractivity contribution in [3.05, 3.63) is 59.5 Å². The topological polar surface area (TPSA) is 72.9 Å². The van der Waals surface area contributed by atoms with Crippen molar-refractivity contribution in [3.63, 3.8) is 0 Å². The highest BCUT2D eigenvalue weighted by Crippen LogP contribution is 2.26. The minimum atomic E-state index is -0.848. The first-order valence-electron chi connectivity index (χ1n) is 8.45. The molecule has 2 aromatic carbocycles. The maximum Gasteiger partial charge on any atom is 0.253 e. The predicted octanol–water partition coefficient (Wildman–Crippen LogP) is 2.68. The Morgan fingerprint density at radius 3 is 2.65 bits per heavy atom. The second-order valence-electron chi connectivity index (χ2n) is 6.58. The molecule has 0 spiro atoms. The number of benzene rings is 2. The van der Waals surface area contributed by atoms with Gasteiger partial charge < -0.3 is 11.1 Å². The fraction of sp³-hybridized carbons (Fsp3) is 0.263. The lowest BCUT2D eigenvalue weighted by atomic mass is 9.91. The van der Waals surface area contributed by atoms with Gasteiger partial charge in [-0.3, -0.25) is 4.79 Å². The van der Waals surface area contributed by atoms with Crippen LogP contribution in [-0.2, 0) is 0 Å². The van der Waals surface area contributed by atoms with Gasteiger partial charge in [0.05, 0.1) is 5.69 Å². The van der Waals surface area contributed by atoms with Gasteiger partial charge in [-0.25, -0.2) is 13.5 Å². The van der Waals surface area contributed by atoms with E-state index in [4.69, 9.17) is 5.73 Å². The maximum absolute atomic E-state index is 13.9. The monoisotopic (exact) mass is 356 g/mol. The summed E-state index contributed by atoms with van der Waals surface area (Å²) in [5.74, 6) is -1.39. The van der Waals surface area contributed by atoms with Gasteiger partial charge in [-0.1, -0.05) is 12.1 Å². The number of piperidine rings is 1. The number of halogens is 2. The second-order valence-corrected chi connectivity index (χ2v) is 6.58. The minimum absolute atomic E-state index is 0.139. The highest BCUT2D eigenvalue weighted by molar-refractivity contribution is 6.04. The average Bonchev–Trinajstić information content (AvgIpc) is 3.05. The van der Waals surface area contributed by atoms with Gasteiger partial charge in [0.2, 0.25) is 0 Å². The molecule has 2 atom stereocenters. The van der Waals surface area contributed by atoms with E-state index in [0.29, 0.717) is 18.4 Å². The molecule has 2 heterocycles. The van der Waals surface area contributed by atoms with Crippen molar-refractivity contribution in [1.29, 1.82) is 0 Å². The summed E-state index contributed by atoms with van der Waals surface area (Å²) in [6.45, 7) is 1.17. The molecular formula is C19H18F2N4O. The molecule has 4 rings (SSSR count). The predicted molar refractivity (Wildman–Crippen MR) is 94.7 cm³/mol. The normalized spacial score (nSPS) is 20.4. The highest BCUT2D eigenvalue weighted by Gasteiger charge is 2.22. The molecule has 1 aliphatic rings. The number of aromatic nitrogens is 2. The molecule has 1 amide bonds. The zero-order valence-corrected chi connectivity index (χ0v) is 14.0. The Kier molecular flexibility index (Phi) is 4.16.